The fourth-order valence-corrected chi connectivity index (χ4v) is 2.90. The highest BCUT2D eigenvalue weighted by atomic mass is 19.4. The molecule has 0 aliphatic rings. The summed E-state index contributed by atoms with van der Waals surface area (Å²) in [7, 11) is 2.95. The van der Waals surface area contributed by atoms with Crippen molar-refractivity contribution in [3.8, 4) is 5.75 Å². The molecule has 11 heteroatoms. The van der Waals surface area contributed by atoms with Gasteiger partial charge >= 0.3 is 6.18 Å². The minimum absolute atomic E-state index is 0.213. The lowest BCUT2D eigenvalue weighted by atomic mass is 10.0. The van der Waals surface area contributed by atoms with Gasteiger partial charge in [-0.3, -0.25) is 9.69 Å². The van der Waals surface area contributed by atoms with Gasteiger partial charge in [0.05, 0.1) is 13.7 Å². The van der Waals surface area contributed by atoms with Crippen LogP contribution in [0.15, 0.2) is 24.3 Å². The zero-order chi connectivity index (χ0) is 21.4. The molecule has 0 aliphatic heterocycles. The maximum atomic E-state index is 12.8. The van der Waals surface area contributed by atoms with Crippen LogP contribution < -0.4 is 10.1 Å². The number of alkyl halides is 3. The maximum Gasteiger partial charge on any atom is 0.401 e. The lowest BCUT2D eigenvalue weighted by molar-refractivity contribution is -0.143. The van der Waals surface area contributed by atoms with Crippen molar-refractivity contribution >= 4 is 5.91 Å². The standard InChI is InChI=1S/C18H25F3N6O2/c1-13-23-24-25-27(13)16(11-14-6-4-7-15(10-14)29-3)17(28)22-8-5-9-26(2)12-18(19,20)21/h4,6-7,10,16H,5,8-9,11-12H2,1-3H3,(H,22,28). The van der Waals surface area contributed by atoms with Gasteiger partial charge in [0.25, 0.3) is 0 Å². The van der Waals surface area contributed by atoms with Crippen LogP contribution in [0.5, 0.6) is 5.75 Å². The molecular formula is C18H25F3N6O2. The van der Waals surface area contributed by atoms with Crippen molar-refractivity contribution in [3.05, 3.63) is 35.7 Å². The lowest BCUT2D eigenvalue weighted by Gasteiger charge is -2.20. The second-order valence-electron chi connectivity index (χ2n) is 6.74. The molecule has 0 bridgehead atoms. The molecule has 1 aromatic carbocycles. The van der Waals surface area contributed by atoms with Crippen LogP contribution in [0.1, 0.15) is 23.9 Å². The molecule has 1 heterocycles. The van der Waals surface area contributed by atoms with E-state index in [2.05, 4.69) is 20.8 Å². The van der Waals surface area contributed by atoms with Crippen molar-refractivity contribution in [2.24, 2.45) is 0 Å². The summed E-state index contributed by atoms with van der Waals surface area (Å²) in [6.07, 6.45) is -3.51. The zero-order valence-corrected chi connectivity index (χ0v) is 16.6. The lowest BCUT2D eigenvalue weighted by Crippen LogP contribution is -2.37. The van der Waals surface area contributed by atoms with Gasteiger partial charge in [0.15, 0.2) is 0 Å². The molecule has 0 radical (unpaired) electrons. The minimum atomic E-state index is -4.24. The summed E-state index contributed by atoms with van der Waals surface area (Å²) in [5.74, 6) is 0.849. The molecule has 0 saturated heterocycles. The summed E-state index contributed by atoms with van der Waals surface area (Å²) in [5.41, 5.74) is 0.865. The summed E-state index contributed by atoms with van der Waals surface area (Å²) in [6, 6.07) is 6.63. The number of carbonyl (C=O) groups is 1. The van der Waals surface area contributed by atoms with Gasteiger partial charge in [-0.25, -0.2) is 4.68 Å². The highest BCUT2D eigenvalue weighted by molar-refractivity contribution is 5.80. The Morgan fingerprint density at radius 1 is 1.38 bits per heavy atom. The minimum Gasteiger partial charge on any atom is -0.497 e. The monoisotopic (exact) mass is 414 g/mol. The van der Waals surface area contributed by atoms with E-state index in [1.807, 2.05) is 18.2 Å². The average molecular weight is 414 g/mol. The first-order valence-corrected chi connectivity index (χ1v) is 9.10. The molecule has 2 aromatic rings. The molecule has 8 nitrogen and oxygen atoms in total. The fraction of sp³-hybridized carbons (Fsp3) is 0.556. The molecule has 0 spiro atoms. The zero-order valence-electron chi connectivity index (χ0n) is 16.6. The Balaban J connectivity index is 1.98. The highest BCUT2D eigenvalue weighted by Gasteiger charge is 2.29. The van der Waals surface area contributed by atoms with E-state index in [0.717, 1.165) is 5.56 Å². The predicted molar refractivity (Wildman–Crippen MR) is 99.5 cm³/mol. The van der Waals surface area contributed by atoms with Crippen LogP contribution in [0.25, 0.3) is 0 Å². The van der Waals surface area contributed by atoms with Gasteiger partial charge in [-0.2, -0.15) is 13.2 Å². The number of aromatic nitrogens is 4. The Kier molecular flexibility index (Phi) is 7.94. The maximum absolute atomic E-state index is 12.8. The molecule has 1 unspecified atom stereocenters. The smallest absolute Gasteiger partial charge is 0.401 e. The summed E-state index contributed by atoms with van der Waals surface area (Å²) >= 11 is 0. The first-order chi connectivity index (χ1) is 13.7. The van der Waals surface area contributed by atoms with Crippen molar-refractivity contribution in [2.75, 3.05) is 33.8 Å². The van der Waals surface area contributed by atoms with Gasteiger partial charge in [-0.05, 0) is 55.1 Å². The van der Waals surface area contributed by atoms with Crippen LogP contribution in [0.4, 0.5) is 13.2 Å². The largest absolute Gasteiger partial charge is 0.497 e. The number of nitrogens with one attached hydrogen (secondary N) is 1. The van der Waals surface area contributed by atoms with Crippen molar-refractivity contribution < 1.29 is 22.7 Å². The molecule has 1 amide bonds. The SMILES string of the molecule is COc1cccc(CC(C(=O)NCCCN(C)CC(F)(F)F)n2nnnc2C)c1. The summed E-state index contributed by atoms with van der Waals surface area (Å²) < 4.78 is 43.7. The molecule has 1 aromatic heterocycles. The number of halogens is 3. The predicted octanol–water partition coefficient (Wildman–Crippen LogP) is 1.77. The number of benzene rings is 1. The third kappa shape index (κ3) is 7.33. The number of rotatable bonds is 10. The second-order valence-corrected chi connectivity index (χ2v) is 6.74. The Labute approximate surface area is 167 Å². The van der Waals surface area contributed by atoms with E-state index in [4.69, 9.17) is 4.74 Å². The number of hydrogen-bond acceptors (Lipinski definition) is 6. The molecule has 0 saturated carbocycles. The van der Waals surface area contributed by atoms with Crippen molar-refractivity contribution in [2.45, 2.75) is 32.0 Å². The van der Waals surface area contributed by atoms with E-state index >= 15 is 0 Å². The first kappa shape index (κ1) is 22.6. The van der Waals surface area contributed by atoms with Gasteiger partial charge in [0.1, 0.15) is 17.6 Å². The second kappa shape index (κ2) is 10.2. The number of aryl methyl sites for hydroxylation is 1. The van der Waals surface area contributed by atoms with Gasteiger partial charge in [0, 0.05) is 13.0 Å². The van der Waals surface area contributed by atoms with E-state index in [0.29, 0.717) is 24.4 Å². The van der Waals surface area contributed by atoms with Crippen LogP contribution in [-0.4, -0.2) is 71.0 Å². The summed E-state index contributed by atoms with van der Waals surface area (Å²) in [4.78, 5) is 13.9. The first-order valence-electron chi connectivity index (χ1n) is 9.10. The van der Waals surface area contributed by atoms with Gasteiger partial charge in [-0.15, -0.1) is 5.10 Å². The Bertz CT molecular complexity index is 796. The van der Waals surface area contributed by atoms with Gasteiger partial charge in [-0.1, -0.05) is 12.1 Å². The Morgan fingerprint density at radius 2 is 2.14 bits per heavy atom. The number of hydrogen-bond donors (Lipinski definition) is 1. The third-order valence-corrected chi connectivity index (χ3v) is 4.28. The normalized spacial score (nSPS) is 12.8. The van der Waals surface area contributed by atoms with Gasteiger partial charge in [0.2, 0.25) is 5.91 Å². The Hall–Kier alpha value is -2.69. The van der Waals surface area contributed by atoms with E-state index in [9.17, 15) is 18.0 Å². The summed E-state index contributed by atoms with van der Waals surface area (Å²) in [5, 5.41) is 14.1. The molecule has 2 rings (SSSR count). The van der Waals surface area contributed by atoms with Crippen molar-refractivity contribution in [1.82, 2.24) is 30.4 Å². The number of tetrazole rings is 1. The van der Waals surface area contributed by atoms with E-state index < -0.39 is 18.8 Å². The third-order valence-electron chi connectivity index (χ3n) is 4.28. The molecule has 0 fully saturated rings. The van der Waals surface area contributed by atoms with Crippen LogP contribution >= 0.6 is 0 Å². The van der Waals surface area contributed by atoms with E-state index in [-0.39, 0.29) is 19.0 Å². The van der Waals surface area contributed by atoms with Crippen LogP contribution in [0.3, 0.4) is 0 Å². The topological polar surface area (TPSA) is 85.2 Å². The summed E-state index contributed by atoms with van der Waals surface area (Å²) in [6.45, 7) is 1.17. The van der Waals surface area contributed by atoms with E-state index in [1.54, 1.807) is 20.1 Å². The molecule has 1 atom stereocenters. The van der Waals surface area contributed by atoms with Gasteiger partial charge < -0.3 is 10.1 Å². The number of carbonyl (C=O) groups excluding carboxylic acids is 1. The van der Waals surface area contributed by atoms with Crippen LogP contribution in [-0.2, 0) is 11.2 Å². The van der Waals surface area contributed by atoms with Crippen LogP contribution in [0.2, 0.25) is 0 Å². The number of ether oxygens (including phenoxy) is 1. The highest BCUT2D eigenvalue weighted by Crippen LogP contribution is 2.19. The molecular weight excluding hydrogens is 389 g/mol. The fourth-order valence-electron chi connectivity index (χ4n) is 2.90. The molecule has 1 N–H and O–H groups in total. The number of methoxy groups -OCH3 is 1. The molecule has 160 valence electrons. The van der Waals surface area contributed by atoms with Crippen molar-refractivity contribution in [3.63, 3.8) is 0 Å². The average Bonchev–Trinajstić information content (AvgIpc) is 3.07. The number of nitrogens with zero attached hydrogens (tertiary/aromatic N) is 5. The Morgan fingerprint density at radius 3 is 2.76 bits per heavy atom. The molecule has 29 heavy (non-hydrogen) atoms. The molecule has 0 aliphatic carbocycles. The quantitative estimate of drug-likeness (QED) is 0.597. The van der Waals surface area contributed by atoms with E-state index in [1.165, 1.54) is 16.6 Å². The van der Waals surface area contributed by atoms with Crippen LogP contribution in [0, 0.1) is 6.92 Å². The number of amides is 1. The van der Waals surface area contributed by atoms with Crippen molar-refractivity contribution in [1.29, 1.82) is 0 Å².